The highest BCUT2D eigenvalue weighted by molar-refractivity contribution is 6.31. The van der Waals surface area contributed by atoms with Gasteiger partial charge in [0.05, 0.1) is 6.54 Å². The van der Waals surface area contributed by atoms with Crippen molar-refractivity contribution in [1.82, 2.24) is 16.0 Å². The minimum atomic E-state index is -0.479. The second kappa shape index (κ2) is 8.88. The topological polar surface area (TPSA) is 70.2 Å². The summed E-state index contributed by atoms with van der Waals surface area (Å²) in [7, 11) is 0. The first-order valence-electron chi connectivity index (χ1n) is 7.31. The van der Waals surface area contributed by atoms with Crippen LogP contribution in [-0.4, -0.2) is 18.5 Å². The number of benzene rings is 2. The highest BCUT2D eigenvalue weighted by Crippen LogP contribution is 2.14. The van der Waals surface area contributed by atoms with Gasteiger partial charge in [-0.1, -0.05) is 41.9 Å². The van der Waals surface area contributed by atoms with Crippen LogP contribution >= 0.6 is 11.6 Å². The molecule has 0 saturated carbocycles. The Morgan fingerprint density at radius 3 is 2.33 bits per heavy atom. The van der Waals surface area contributed by atoms with Crippen LogP contribution in [-0.2, 0) is 17.9 Å². The van der Waals surface area contributed by atoms with E-state index in [-0.39, 0.29) is 31.4 Å². The van der Waals surface area contributed by atoms with Gasteiger partial charge in [-0.25, -0.2) is 9.18 Å². The van der Waals surface area contributed by atoms with E-state index in [0.717, 1.165) is 11.1 Å². The molecule has 126 valence electrons. The molecule has 3 amide bonds. The van der Waals surface area contributed by atoms with Crippen molar-refractivity contribution in [2.45, 2.75) is 13.1 Å². The number of rotatable bonds is 6. The minimum Gasteiger partial charge on any atom is -0.350 e. The number of carbonyl (C=O) groups is 2. The van der Waals surface area contributed by atoms with Crippen LogP contribution in [0, 0.1) is 5.82 Å². The van der Waals surface area contributed by atoms with Crippen LogP contribution in [0.1, 0.15) is 11.1 Å². The maximum absolute atomic E-state index is 12.8. The van der Waals surface area contributed by atoms with E-state index in [1.165, 1.54) is 12.1 Å². The molecule has 5 nitrogen and oxygen atoms in total. The van der Waals surface area contributed by atoms with E-state index in [2.05, 4.69) is 16.0 Å². The third-order valence-corrected chi connectivity index (χ3v) is 3.58. The molecule has 0 atom stereocenters. The molecule has 0 spiro atoms. The molecule has 2 rings (SSSR count). The molecule has 0 saturated heterocycles. The minimum absolute atomic E-state index is 0.153. The van der Waals surface area contributed by atoms with Gasteiger partial charge in [0.1, 0.15) is 5.82 Å². The largest absolute Gasteiger partial charge is 0.350 e. The summed E-state index contributed by atoms with van der Waals surface area (Å²) in [4.78, 5) is 23.3. The van der Waals surface area contributed by atoms with Crippen LogP contribution < -0.4 is 16.0 Å². The molecular weight excluding hydrogens is 333 g/mol. The highest BCUT2D eigenvalue weighted by atomic mass is 35.5. The molecule has 2 aromatic rings. The summed E-state index contributed by atoms with van der Waals surface area (Å²) in [5.74, 6) is -0.662. The van der Waals surface area contributed by atoms with Crippen molar-refractivity contribution in [2.75, 3.05) is 6.54 Å². The van der Waals surface area contributed by atoms with Crippen LogP contribution in [0.25, 0.3) is 0 Å². The molecule has 0 unspecified atom stereocenters. The molecule has 24 heavy (non-hydrogen) atoms. The average molecular weight is 350 g/mol. The van der Waals surface area contributed by atoms with E-state index in [1.807, 2.05) is 12.1 Å². The van der Waals surface area contributed by atoms with Crippen LogP contribution in [0.5, 0.6) is 0 Å². The third-order valence-electron chi connectivity index (χ3n) is 3.21. The van der Waals surface area contributed by atoms with Crippen molar-refractivity contribution in [3.05, 3.63) is 70.5 Å². The lowest BCUT2D eigenvalue weighted by Gasteiger charge is -2.09. The normalized spacial score (nSPS) is 10.1. The zero-order valence-electron chi connectivity index (χ0n) is 12.8. The fourth-order valence-electron chi connectivity index (χ4n) is 1.91. The lowest BCUT2D eigenvalue weighted by Crippen LogP contribution is -2.41. The maximum atomic E-state index is 12.8. The van der Waals surface area contributed by atoms with Crippen LogP contribution in [0.4, 0.5) is 9.18 Å². The molecule has 0 heterocycles. The summed E-state index contributed by atoms with van der Waals surface area (Å²) in [6.45, 7) is 0.379. The predicted octanol–water partition coefficient (Wildman–Crippen LogP) is 2.59. The number of halogens is 2. The molecule has 7 heteroatoms. The number of urea groups is 1. The van der Waals surface area contributed by atoms with E-state index < -0.39 is 6.03 Å². The molecule has 0 aliphatic carbocycles. The van der Waals surface area contributed by atoms with Crippen molar-refractivity contribution in [3.63, 3.8) is 0 Å². The SMILES string of the molecule is O=C(CNC(=O)NCc1ccc(F)cc1)NCc1ccccc1Cl. The van der Waals surface area contributed by atoms with Crippen LogP contribution in [0.3, 0.4) is 0 Å². The molecule has 0 bridgehead atoms. The molecule has 0 aliphatic heterocycles. The maximum Gasteiger partial charge on any atom is 0.315 e. The summed E-state index contributed by atoms with van der Waals surface area (Å²) in [6, 6.07) is 12.5. The Hall–Kier alpha value is -2.60. The smallest absolute Gasteiger partial charge is 0.315 e. The fraction of sp³-hybridized carbons (Fsp3) is 0.176. The van der Waals surface area contributed by atoms with Crippen LogP contribution in [0.2, 0.25) is 5.02 Å². The van der Waals surface area contributed by atoms with Gasteiger partial charge in [-0.05, 0) is 29.3 Å². The van der Waals surface area contributed by atoms with Crippen molar-refractivity contribution in [3.8, 4) is 0 Å². The predicted molar refractivity (Wildman–Crippen MR) is 89.9 cm³/mol. The monoisotopic (exact) mass is 349 g/mol. The molecule has 2 aromatic carbocycles. The van der Waals surface area contributed by atoms with E-state index in [9.17, 15) is 14.0 Å². The standard InChI is InChI=1S/C17H17ClFN3O2/c18-15-4-2-1-3-13(15)10-20-16(23)11-22-17(24)21-9-12-5-7-14(19)8-6-12/h1-8H,9-11H2,(H,20,23)(H2,21,22,24). The quantitative estimate of drug-likeness (QED) is 0.750. The Bertz CT molecular complexity index is 707. The second-order valence-electron chi connectivity index (χ2n) is 5.03. The van der Waals surface area contributed by atoms with E-state index in [0.29, 0.717) is 5.02 Å². The van der Waals surface area contributed by atoms with Gasteiger partial charge in [0, 0.05) is 18.1 Å². The van der Waals surface area contributed by atoms with Gasteiger partial charge in [0.2, 0.25) is 5.91 Å². The summed E-state index contributed by atoms with van der Waals surface area (Å²) in [5.41, 5.74) is 1.56. The number of nitrogens with one attached hydrogen (secondary N) is 3. The summed E-state index contributed by atoms with van der Waals surface area (Å²) in [6.07, 6.45) is 0. The molecule has 0 aromatic heterocycles. The third kappa shape index (κ3) is 5.89. The molecule has 0 fully saturated rings. The first-order chi connectivity index (χ1) is 11.5. The molecule has 0 radical (unpaired) electrons. The molecule has 3 N–H and O–H groups in total. The van der Waals surface area contributed by atoms with Gasteiger partial charge in [-0.2, -0.15) is 0 Å². The first-order valence-corrected chi connectivity index (χ1v) is 7.68. The fourth-order valence-corrected chi connectivity index (χ4v) is 2.11. The van der Waals surface area contributed by atoms with Gasteiger partial charge in [0.25, 0.3) is 0 Å². The lowest BCUT2D eigenvalue weighted by molar-refractivity contribution is -0.120. The van der Waals surface area contributed by atoms with Gasteiger partial charge in [-0.15, -0.1) is 0 Å². The zero-order chi connectivity index (χ0) is 17.4. The Morgan fingerprint density at radius 1 is 0.917 bits per heavy atom. The van der Waals surface area contributed by atoms with Crippen molar-refractivity contribution >= 4 is 23.5 Å². The highest BCUT2D eigenvalue weighted by Gasteiger charge is 2.06. The second-order valence-corrected chi connectivity index (χ2v) is 5.44. The first kappa shape index (κ1) is 17.7. The van der Waals surface area contributed by atoms with Gasteiger partial charge >= 0.3 is 6.03 Å². The Labute approximate surface area is 144 Å². The van der Waals surface area contributed by atoms with Crippen molar-refractivity contribution in [2.24, 2.45) is 0 Å². The van der Waals surface area contributed by atoms with Crippen molar-refractivity contribution < 1.29 is 14.0 Å². The van der Waals surface area contributed by atoms with Gasteiger partial charge in [0.15, 0.2) is 0 Å². The summed E-state index contributed by atoms with van der Waals surface area (Å²) in [5, 5.41) is 8.27. The van der Waals surface area contributed by atoms with Gasteiger partial charge < -0.3 is 16.0 Å². The van der Waals surface area contributed by atoms with Crippen molar-refractivity contribution in [1.29, 1.82) is 0 Å². The van der Waals surface area contributed by atoms with Gasteiger partial charge in [-0.3, -0.25) is 4.79 Å². The van der Waals surface area contributed by atoms with E-state index in [4.69, 9.17) is 11.6 Å². The lowest BCUT2D eigenvalue weighted by atomic mass is 10.2. The molecule has 0 aliphatic rings. The number of carbonyl (C=O) groups excluding carboxylic acids is 2. The number of hydrogen-bond donors (Lipinski definition) is 3. The van der Waals surface area contributed by atoms with E-state index in [1.54, 1.807) is 24.3 Å². The Morgan fingerprint density at radius 2 is 1.62 bits per heavy atom. The van der Waals surface area contributed by atoms with E-state index >= 15 is 0 Å². The Balaban J connectivity index is 1.66. The number of hydrogen-bond acceptors (Lipinski definition) is 2. The zero-order valence-corrected chi connectivity index (χ0v) is 13.6. The Kier molecular flexibility index (Phi) is 6.57. The number of amides is 3. The summed E-state index contributed by atoms with van der Waals surface area (Å²) < 4.78 is 12.8. The molecular formula is C17H17ClFN3O2. The summed E-state index contributed by atoms with van der Waals surface area (Å²) >= 11 is 5.99. The van der Waals surface area contributed by atoms with Crippen LogP contribution in [0.15, 0.2) is 48.5 Å². The average Bonchev–Trinajstić information content (AvgIpc) is 2.58.